The fraction of sp³-hybridized carbons (Fsp3) is 0.632. The predicted octanol–water partition coefficient (Wildman–Crippen LogP) is 2.28. The lowest BCUT2D eigenvalue weighted by molar-refractivity contribution is -0.125. The number of carbonyl (C=O) groups is 1. The van der Waals surface area contributed by atoms with E-state index in [4.69, 9.17) is 4.74 Å². The maximum absolute atomic E-state index is 12.3. The zero-order valence-corrected chi connectivity index (χ0v) is 15.4. The van der Waals surface area contributed by atoms with Crippen molar-refractivity contribution in [3.05, 3.63) is 29.8 Å². The molecule has 1 fully saturated rings. The van der Waals surface area contributed by atoms with Crippen LogP contribution in [0.15, 0.2) is 24.3 Å². The molecule has 2 atom stereocenters. The molecule has 24 heavy (non-hydrogen) atoms. The van der Waals surface area contributed by atoms with Gasteiger partial charge in [-0.1, -0.05) is 12.1 Å². The second-order valence-electron chi connectivity index (χ2n) is 7.80. The molecule has 1 saturated heterocycles. The third-order valence-electron chi connectivity index (χ3n) is 4.55. The number of aliphatic hydroxyl groups is 1. The second-order valence-corrected chi connectivity index (χ2v) is 7.80. The van der Waals surface area contributed by atoms with Gasteiger partial charge >= 0.3 is 0 Å². The summed E-state index contributed by atoms with van der Waals surface area (Å²) in [4.78, 5) is 14.3. The molecular weight excluding hydrogens is 304 g/mol. The molecule has 0 spiro atoms. The van der Waals surface area contributed by atoms with Crippen LogP contribution in [0.25, 0.3) is 0 Å². The molecule has 5 nitrogen and oxygen atoms in total. The number of benzene rings is 1. The Morgan fingerprint density at radius 1 is 1.29 bits per heavy atom. The Morgan fingerprint density at radius 3 is 2.46 bits per heavy atom. The van der Waals surface area contributed by atoms with Gasteiger partial charge in [0, 0.05) is 11.6 Å². The number of nitrogens with one attached hydrogen (secondary N) is 1. The minimum Gasteiger partial charge on any atom is -0.497 e. The average molecular weight is 334 g/mol. The maximum Gasteiger partial charge on any atom is 0.234 e. The van der Waals surface area contributed by atoms with Crippen molar-refractivity contribution in [2.75, 3.05) is 20.2 Å². The van der Waals surface area contributed by atoms with E-state index in [2.05, 4.69) is 10.2 Å². The number of methoxy groups -OCH3 is 1. The van der Waals surface area contributed by atoms with Gasteiger partial charge in [-0.15, -0.1) is 0 Å². The van der Waals surface area contributed by atoms with Crippen LogP contribution in [0, 0.1) is 0 Å². The molecule has 5 heteroatoms. The summed E-state index contributed by atoms with van der Waals surface area (Å²) in [5.41, 5.74) is -0.410. The molecule has 0 aliphatic carbocycles. The summed E-state index contributed by atoms with van der Waals surface area (Å²) < 4.78 is 5.18. The van der Waals surface area contributed by atoms with Gasteiger partial charge in [0.15, 0.2) is 0 Å². The average Bonchev–Trinajstić information content (AvgIpc) is 2.94. The van der Waals surface area contributed by atoms with E-state index in [1.54, 1.807) is 7.11 Å². The van der Waals surface area contributed by atoms with E-state index in [1.807, 2.05) is 52.0 Å². The van der Waals surface area contributed by atoms with Gasteiger partial charge in [-0.3, -0.25) is 9.69 Å². The lowest BCUT2D eigenvalue weighted by atomic mass is 9.86. The Labute approximate surface area is 145 Å². The molecular formula is C19H30N2O3. The summed E-state index contributed by atoms with van der Waals surface area (Å²) in [6, 6.07) is 7.43. The van der Waals surface area contributed by atoms with Crippen LogP contribution in [0.5, 0.6) is 5.75 Å². The van der Waals surface area contributed by atoms with E-state index in [0.717, 1.165) is 30.7 Å². The Bertz CT molecular complexity index is 561. The molecule has 0 aromatic heterocycles. The van der Waals surface area contributed by atoms with E-state index in [-0.39, 0.29) is 17.5 Å². The number of nitrogens with zero attached hydrogens (tertiary/aromatic N) is 1. The zero-order valence-electron chi connectivity index (χ0n) is 15.4. The summed E-state index contributed by atoms with van der Waals surface area (Å²) in [6.45, 7) is 8.89. The normalized spacial score (nSPS) is 21.3. The molecule has 2 rings (SSSR count). The molecule has 1 aromatic rings. The highest BCUT2D eigenvalue weighted by Gasteiger charge is 2.41. The minimum absolute atomic E-state index is 0.0000640. The summed E-state index contributed by atoms with van der Waals surface area (Å²) in [6.07, 6.45) is 1.86. The summed E-state index contributed by atoms with van der Waals surface area (Å²) in [5.74, 6) is 0.766. The van der Waals surface area contributed by atoms with Crippen LogP contribution in [-0.2, 0) is 10.4 Å². The molecule has 134 valence electrons. The SMILES string of the molecule is COc1ccc([C@@](C)(O)[C@@H]2CCCN2CC(=O)NC(C)(C)C)cc1. The minimum atomic E-state index is -1.01. The molecule has 2 N–H and O–H groups in total. The first-order valence-corrected chi connectivity index (χ1v) is 8.55. The van der Waals surface area contributed by atoms with Gasteiger partial charge < -0.3 is 15.2 Å². The number of likely N-dealkylation sites (tertiary alicyclic amines) is 1. The summed E-state index contributed by atoms with van der Waals surface area (Å²) in [7, 11) is 1.62. The van der Waals surface area contributed by atoms with E-state index >= 15 is 0 Å². The predicted molar refractivity (Wildman–Crippen MR) is 95.1 cm³/mol. The van der Waals surface area contributed by atoms with Crippen molar-refractivity contribution >= 4 is 5.91 Å². The van der Waals surface area contributed by atoms with Crippen LogP contribution in [0.2, 0.25) is 0 Å². The van der Waals surface area contributed by atoms with Crippen molar-refractivity contribution in [2.24, 2.45) is 0 Å². The number of rotatable bonds is 5. The standard InChI is InChI=1S/C19H30N2O3/c1-18(2,3)20-17(22)13-21-12-6-7-16(21)19(4,23)14-8-10-15(24-5)11-9-14/h8-11,16,23H,6-7,12-13H2,1-5H3,(H,20,22)/t16-,19+/m0/s1. The van der Waals surface area contributed by atoms with Gasteiger partial charge in [0.2, 0.25) is 5.91 Å². The van der Waals surface area contributed by atoms with Gasteiger partial charge in [0.1, 0.15) is 11.4 Å². The lowest BCUT2D eigenvalue weighted by Crippen LogP contribution is -2.51. The fourth-order valence-corrected chi connectivity index (χ4v) is 3.42. The number of amides is 1. The third-order valence-corrected chi connectivity index (χ3v) is 4.55. The van der Waals surface area contributed by atoms with Gasteiger partial charge in [-0.2, -0.15) is 0 Å². The smallest absolute Gasteiger partial charge is 0.234 e. The molecule has 1 aliphatic rings. The molecule has 1 heterocycles. The van der Waals surface area contributed by atoms with Gasteiger partial charge in [0.25, 0.3) is 0 Å². The fourth-order valence-electron chi connectivity index (χ4n) is 3.42. The van der Waals surface area contributed by atoms with Crippen LogP contribution < -0.4 is 10.1 Å². The largest absolute Gasteiger partial charge is 0.497 e. The van der Waals surface area contributed by atoms with Crippen molar-refractivity contribution in [3.8, 4) is 5.75 Å². The highest BCUT2D eigenvalue weighted by molar-refractivity contribution is 5.78. The van der Waals surface area contributed by atoms with E-state index in [0.29, 0.717) is 6.54 Å². The monoisotopic (exact) mass is 334 g/mol. The van der Waals surface area contributed by atoms with Crippen molar-refractivity contribution in [1.82, 2.24) is 10.2 Å². The third kappa shape index (κ3) is 4.48. The van der Waals surface area contributed by atoms with Crippen LogP contribution in [-0.4, -0.2) is 47.7 Å². The van der Waals surface area contributed by atoms with E-state index in [1.165, 1.54) is 0 Å². The van der Waals surface area contributed by atoms with Crippen LogP contribution >= 0.6 is 0 Å². The number of carbonyl (C=O) groups excluding carboxylic acids is 1. The van der Waals surface area contributed by atoms with Crippen molar-refractivity contribution in [1.29, 1.82) is 0 Å². The first-order chi connectivity index (χ1) is 11.1. The first-order valence-electron chi connectivity index (χ1n) is 8.55. The van der Waals surface area contributed by atoms with Gasteiger partial charge in [0.05, 0.1) is 13.7 Å². The van der Waals surface area contributed by atoms with Crippen molar-refractivity contribution in [3.63, 3.8) is 0 Å². The quantitative estimate of drug-likeness (QED) is 0.867. The van der Waals surface area contributed by atoms with Crippen LogP contribution in [0.1, 0.15) is 46.1 Å². The Balaban J connectivity index is 2.11. The zero-order chi connectivity index (χ0) is 18.0. The first kappa shape index (κ1) is 18.7. The molecule has 0 saturated carbocycles. The molecule has 1 aliphatic heterocycles. The number of ether oxygens (including phenoxy) is 1. The molecule has 1 amide bonds. The summed E-state index contributed by atoms with van der Waals surface area (Å²) >= 11 is 0. The molecule has 1 aromatic carbocycles. The van der Waals surface area contributed by atoms with Crippen molar-refractivity contribution in [2.45, 2.75) is 57.7 Å². The Hall–Kier alpha value is -1.59. The molecule has 0 unspecified atom stereocenters. The topological polar surface area (TPSA) is 61.8 Å². The number of hydrogen-bond acceptors (Lipinski definition) is 4. The van der Waals surface area contributed by atoms with Crippen LogP contribution in [0.4, 0.5) is 0 Å². The maximum atomic E-state index is 12.3. The van der Waals surface area contributed by atoms with E-state index < -0.39 is 5.60 Å². The molecule has 0 bridgehead atoms. The second kappa shape index (κ2) is 7.11. The highest BCUT2D eigenvalue weighted by atomic mass is 16.5. The highest BCUT2D eigenvalue weighted by Crippen LogP contribution is 2.35. The van der Waals surface area contributed by atoms with Crippen LogP contribution in [0.3, 0.4) is 0 Å². The summed E-state index contributed by atoms with van der Waals surface area (Å²) in [5, 5.41) is 14.1. The lowest BCUT2D eigenvalue weighted by Gasteiger charge is -2.37. The van der Waals surface area contributed by atoms with Crippen molar-refractivity contribution < 1.29 is 14.6 Å². The Kier molecular flexibility index (Phi) is 5.56. The number of hydrogen-bond donors (Lipinski definition) is 2. The van der Waals surface area contributed by atoms with E-state index in [9.17, 15) is 9.90 Å². The van der Waals surface area contributed by atoms with Gasteiger partial charge in [-0.25, -0.2) is 0 Å². The Morgan fingerprint density at radius 2 is 1.92 bits per heavy atom. The molecule has 0 radical (unpaired) electrons. The van der Waals surface area contributed by atoms with Gasteiger partial charge in [-0.05, 0) is 64.8 Å².